The normalized spacial score (nSPS) is 20.3. The van der Waals surface area contributed by atoms with E-state index in [1.807, 2.05) is 0 Å². The molecule has 3 rings (SSSR count). The number of rotatable bonds is 4. The largest absolute Gasteiger partial charge is 0.343 e. The first-order chi connectivity index (χ1) is 12.3. The van der Waals surface area contributed by atoms with Crippen LogP contribution >= 0.6 is 24.0 Å². The number of likely N-dealkylation sites (tertiary alicyclic amines) is 1. The molecule has 0 aliphatic carbocycles. The van der Waals surface area contributed by atoms with E-state index in [0.29, 0.717) is 0 Å². The maximum absolute atomic E-state index is 4.96. The highest BCUT2D eigenvalue weighted by Gasteiger charge is 2.16. The Morgan fingerprint density at radius 3 is 2.46 bits per heavy atom. The second kappa shape index (κ2) is 11.8. The van der Waals surface area contributed by atoms with Crippen LogP contribution in [0.3, 0.4) is 0 Å². The molecule has 2 heterocycles. The first kappa shape index (κ1) is 21.4. The Morgan fingerprint density at radius 1 is 0.923 bits per heavy atom. The minimum Gasteiger partial charge on any atom is -0.343 e. The molecule has 0 radical (unpaired) electrons. The van der Waals surface area contributed by atoms with Crippen LogP contribution in [0.25, 0.3) is 0 Å². The highest BCUT2D eigenvalue weighted by Crippen LogP contribution is 2.12. The summed E-state index contributed by atoms with van der Waals surface area (Å²) >= 11 is 0. The maximum Gasteiger partial charge on any atom is 0.198 e. The van der Waals surface area contributed by atoms with Crippen molar-refractivity contribution in [2.24, 2.45) is 4.99 Å². The predicted octanol–water partition coefficient (Wildman–Crippen LogP) is 3.20. The van der Waals surface area contributed by atoms with Gasteiger partial charge in [-0.3, -0.25) is 4.99 Å². The van der Waals surface area contributed by atoms with Crippen LogP contribution in [0.2, 0.25) is 0 Å². The molecule has 5 nitrogen and oxygen atoms in total. The van der Waals surface area contributed by atoms with Gasteiger partial charge >= 0.3 is 0 Å². The van der Waals surface area contributed by atoms with Gasteiger partial charge in [0.2, 0.25) is 0 Å². The van der Waals surface area contributed by atoms with Gasteiger partial charge in [0.05, 0.1) is 6.54 Å². The molecule has 0 amide bonds. The molecule has 0 atom stereocenters. The summed E-state index contributed by atoms with van der Waals surface area (Å²) in [4.78, 5) is 12.4. The van der Waals surface area contributed by atoms with Crippen molar-refractivity contribution in [3.05, 3.63) is 30.3 Å². The third-order valence-corrected chi connectivity index (χ3v) is 5.18. The fourth-order valence-corrected chi connectivity index (χ4v) is 3.60. The first-order valence-corrected chi connectivity index (χ1v) is 9.83. The minimum atomic E-state index is 0. The zero-order chi connectivity index (χ0) is 17.3. The van der Waals surface area contributed by atoms with E-state index in [9.17, 15) is 0 Å². The topological polar surface area (TPSA) is 34.1 Å². The Labute approximate surface area is 175 Å². The number of piperidine rings is 1. The third kappa shape index (κ3) is 7.04. The molecular formula is C20H34IN5. The number of hydrogen-bond acceptors (Lipinski definition) is 3. The number of nitrogens with one attached hydrogen (secondary N) is 1. The summed E-state index contributed by atoms with van der Waals surface area (Å²) in [6.45, 7) is 8.92. The summed E-state index contributed by atoms with van der Waals surface area (Å²) in [6.07, 6.45) is 5.15. The molecule has 2 aliphatic heterocycles. The average Bonchev–Trinajstić information content (AvgIpc) is 2.87. The summed E-state index contributed by atoms with van der Waals surface area (Å²) in [6, 6.07) is 10.4. The van der Waals surface area contributed by atoms with E-state index in [1.54, 1.807) is 0 Å². The molecule has 1 N–H and O–H groups in total. The average molecular weight is 471 g/mol. The van der Waals surface area contributed by atoms with Gasteiger partial charge in [0.25, 0.3) is 0 Å². The van der Waals surface area contributed by atoms with Crippen LogP contribution in [-0.2, 0) is 0 Å². The molecule has 146 valence electrons. The van der Waals surface area contributed by atoms with Crippen molar-refractivity contribution < 1.29 is 0 Å². The fourth-order valence-electron chi connectivity index (χ4n) is 3.60. The first-order valence-electron chi connectivity index (χ1n) is 9.83. The highest BCUT2D eigenvalue weighted by molar-refractivity contribution is 14.0. The van der Waals surface area contributed by atoms with Gasteiger partial charge in [-0.15, -0.1) is 24.0 Å². The number of aliphatic imine (C=N–C) groups is 1. The van der Waals surface area contributed by atoms with Crippen molar-refractivity contribution in [3.63, 3.8) is 0 Å². The van der Waals surface area contributed by atoms with Crippen LogP contribution in [0, 0.1) is 0 Å². The summed E-state index contributed by atoms with van der Waals surface area (Å²) < 4.78 is 0. The lowest BCUT2D eigenvalue weighted by molar-refractivity contribution is 0.282. The Kier molecular flexibility index (Phi) is 9.71. The minimum absolute atomic E-state index is 0. The Hall–Kier alpha value is -0.860. The predicted molar refractivity (Wildman–Crippen MR) is 122 cm³/mol. The Balaban J connectivity index is 0.00000243. The summed E-state index contributed by atoms with van der Waals surface area (Å²) in [5.74, 6) is 1.05. The molecule has 2 fully saturated rings. The molecule has 0 unspecified atom stereocenters. The molecule has 2 aliphatic rings. The smallest absolute Gasteiger partial charge is 0.198 e. The van der Waals surface area contributed by atoms with Crippen LogP contribution in [0.1, 0.15) is 25.7 Å². The van der Waals surface area contributed by atoms with Crippen LogP contribution in [0.4, 0.5) is 5.69 Å². The van der Waals surface area contributed by atoms with Gasteiger partial charge in [-0.05, 0) is 58.0 Å². The molecule has 26 heavy (non-hydrogen) atoms. The molecule has 0 spiro atoms. The zero-order valence-corrected chi connectivity index (χ0v) is 18.4. The summed E-state index contributed by atoms with van der Waals surface area (Å²) in [5.41, 5.74) is 1.13. The van der Waals surface area contributed by atoms with Crippen molar-refractivity contribution in [3.8, 4) is 0 Å². The van der Waals surface area contributed by atoms with E-state index in [2.05, 4.69) is 57.4 Å². The monoisotopic (exact) mass is 471 g/mol. The number of guanidine groups is 1. The number of likely N-dealkylation sites (N-methyl/N-ethyl adjacent to an activating group) is 1. The van der Waals surface area contributed by atoms with Gasteiger partial charge in [0, 0.05) is 38.4 Å². The van der Waals surface area contributed by atoms with Crippen molar-refractivity contribution in [2.45, 2.75) is 25.7 Å². The zero-order valence-electron chi connectivity index (χ0n) is 16.1. The van der Waals surface area contributed by atoms with E-state index in [1.165, 1.54) is 45.3 Å². The second-order valence-electron chi connectivity index (χ2n) is 7.24. The lowest BCUT2D eigenvalue weighted by Gasteiger charge is -2.30. The van der Waals surface area contributed by atoms with Crippen molar-refractivity contribution >= 4 is 35.6 Å². The second-order valence-corrected chi connectivity index (χ2v) is 7.24. The van der Waals surface area contributed by atoms with Gasteiger partial charge < -0.3 is 20.0 Å². The lowest BCUT2D eigenvalue weighted by Crippen LogP contribution is -2.40. The molecule has 0 bridgehead atoms. The number of para-hydroxylation sites is 1. The van der Waals surface area contributed by atoms with E-state index in [0.717, 1.165) is 44.4 Å². The molecule has 0 aromatic heterocycles. The highest BCUT2D eigenvalue weighted by atomic mass is 127. The van der Waals surface area contributed by atoms with Crippen LogP contribution < -0.4 is 5.32 Å². The molecule has 6 heteroatoms. The van der Waals surface area contributed by atoms with Crippen LogP contribution in [-0.4, -0.2) is 80.1 Å². The lowest BCUT2D eigenvalue weighted by atomic mass is 10.1. The number of halogens is 1. The quantitative estimate of drug-likeness (QED) is 0.416. The number of anilines is 1. The Bertz CT molecular complexity index is 530. The van der Waals surface area contributed by atoms with E-state index < -0.39 is 0 Å². The van der Waals surface area contributed by atoms with Gasteiger partial charge in [-0.2, -0.15) is 0 Å². The maximum atomic E-state index is 4.96. The molecule has 1 aromatic carbocycles. The van der Waals surface area contributed by atoms with Crippen molar-refractivity contribution in [1.29, 1.82) is 0 Å². The van der Waals surface area contributed by atoms with Crippen LogP contribution in [0.15, 0.2) is 35.3 Å². The summed E-state index contributed by atoms with van der Waals surface area (Å²) in [7, 11) is 2.22. The summed E-state index contributed by atoms with van der Waals surface area (Å²) in [5, 5.41) is 3.56. The Morgan fingerprint density at radius 2 is 1.69 bits per heavy atom. The van der Waals surface area contributed by atoms with Crippen molar-refractivity contribution in [1.82, 2.24) is 14.7 Å². The van der Waals surface area contributed by atoms with Gasteiger partial charge in [0.1, 0.15) is 0 Å². The van der Waals surface area contributed by atoms with Gasteiger partial charge in [0.15, 0.2) is 5.96 Å². The molecule has 2 saturated heterocycles. The van der Waals surface area contributed by atoms with Crippen molar-refractivity contribution in [2.75, 3.05) is 64.7 Å². The molecule has 1 aromatic rings. The number of nitrogens with zero attached hydrogens (tertiary/aromatic N) is 4. The standard InChI is InChI=1S/C20H33N5.HI/c1-23-12-8-13-24(18-17-23)16-11-21-20(25-14-6-3-7-15-25)22-19-9-4-2-5-10-19;/h2,4-5,9-10H,3,6-8,11-18H2,1H3,(H,21,22);1H. The van der Waals surface area contributed by atoms with E-state index >= 15 is 0 Å². The number of benzene rings is 1. The van der Waals surface area contributed by atoms with E-state index in [4.69, 9.17) is 4.99 Å². The third-order valence-electron chi connectivity index (χ3n) is 5.18. The molecule has 0 saturated carbocycles. The molecular weight excluding hydrogens is 437 g/mol. The fraction of sp³-hybridized carbons (Fsp3) is 0.650. The van der Waals surface area contributed by atoms with E-state index in [-0.39, 0.29) is 24.0 Å². The van der Waals surface area contributed by atoms with Gasteiger partial charge in [-0.25, -0.2) is 0 Å². The van der Waals surface area contributed by atoms with Crippen LogP contribution in [0.5, 0.6) is 0 Å². The SMILES string of the molecule is CN1CCCN(CCN=C(Nc2ccccc2)N2CCCCC2)CC1.I. The number of hydrogen-bond donors (Lipinski definition) is 1. The van der Waals surface area contributed by atoms with Gasteiger partial charge in [-0.1, -0.05) is 18.2 Å².